The standard InChI is InChI=1S/C11H15N3O2/c1-12-9-5-6-13(8-9)10-3-2-4-11(7-10)14(15)16/h2-4,7,9,12H,5-6,8H2,1H3. The van der Waals surface area contributed by atoms with Crippen LogP contribution in [-0.4, -0.2) is 31.1 Å². The minimum Gasteiger partial charge on any atom is -0.370 e. The summed E-state index contributed by atoms with van der Waals surface area (Å²) in [7, 11) is 1.95. The summed E-state index contributed by atoms with van der Waals surface area (Å²) < 4.78 is 0. The number of non-ortho nitro benzene ring substituents is 1. The molecule has 2 rings (SSSR count). The first-order valence-electron chi connectivity index (χ1n) is 5.37. The van der Waals surface area contributed by atoms with Gasteiger partial charge in [-0.15, -0.1) is 0 Å². The molecule has 0 amide bonds. The Morgan fingerprint density at radius 2 is 2.38 bits per heavy atom. The van der Waals surface area contributed by atoms with Crippen LogP contribution in [-0.2, 0) is 0 Å². The third-order valence-electron chi connectivity index (χ3n) is 3.00. The van der Waals surface area contributed by atoms with Gasteiger partial charge in [-0.25, -0.2) is 0 Å². The van der Waals surface area contributed by atoms with Crippen molar-refractivity contribution in [2.45, 2.75) is 12.5 Å². The molecule has 1 aliphatic heterocycles. The molecular weight excluding hydrogens is 206 g/mol. The number of nitrogens with one attached hydrogen (secondary N) is 1. The molecule has 0 aliphatic carbocycles. The Morgan fingerprint density at radius 3 is 3.00 bits per heavy atom. The molecule has 0 aromatic heterocycles. The minimum atomic E-state index is -0.352. The maximum atomic E-state index is 10.7. The molecule has 1 N–H and O–H groups in total. The van der Waals surface area contributed by atoms with E-state index in [0.29, 0.717) is 6.04 Å². The van der Waals surface area contributed by atoms with Gasteiger partial charge >= 0.3 is 0 Å². The van der Waals surface area contributed by atoms with Crippen LogP contribution in [0.2, 0.25) is 0 Å². The number of rotatable bonds is 3. The highest BCUT2D eigenvalue weighted by Gasteiger charge is 2.22. The lowest BCUT2D eigenvalue weighted by molar-refractivity contribution is -0.384. The predicted octanol–water partition coefficient (Wildman–Crippen LogP) is 1.39. The van der Waals surface area contributed by atoms with Crippen molar-refractivity contribution in [3.8, 4) is 0 Å². The van der Waals surface area contributed by atoms with Crippen LogP contribution in [0.25, 0.3) is 0 Å². The van der Waals surface area contributed by atoms with Gasteiger partial charge in [0.25, 0.3) is 5.69 Å². The summed E-state index contributed by atoms with van der Waals surface area (Å²) in [5, 5.41) is 13.9. The first-order chi connectivity index (χ1) is 7.70. The first-order valence-corrected chi connectivity index (χ1v) is 5.37. The zero-order chi connectivity index (χ0) is 11.5. The van der Waals surface area contributed by atoms with Crippen LogP contribution in [0.15, 0.2) is 24.3 Å². The Balaban J connectivity index is 2.15. The molecular formula is C11H15N3O2. The van der Waals surface area contributed by atoms with Crippen LogP contribution in [0.1, 0.15) is 6.42 Å². The Kier molecular flexibility index (Phi) is 3.05. The number of nitro groups is 1. The van der Waals surface area contributed by atoms with Crippen molar-refractivity contribution in [1.29, 1.82) is 0 Å². The lowest BCUT2D eigenvalue weighted by Crippen LogP contribution is -2.29. The van der Waals surface area contributed by atoms with E-state index in [0.717, 1.165) is 25.2 Å². The Hall–Kier alpha value is -1.62. The van der Waals surface area contributed by atoms with Crippen LogP contribution in [0, 0.1) is 10.1 Å². The smallest absolute Gasteiger partial charge is 0.271 e. The van der Waals surface area contributed by atoms with Crippen molar-refractivity contribution >= 4 is 11.4 Å². The van der Waals surface area contributed by atoms with Gasteiger partial charge in [0, 0.05) is 37.0 Å². The molecule has 1 atom stereocenters. The number of hydrogen-bond acceptors (Lipinski definition) is 4. The summed E-state index contributed by atoms with van der Waals surface area (Å²) in [5.74, 6) is 0. The van der Waals surface area contributed by atoms with Crippen molar-refractivity contribution in [3.63, 3.8) is 0 Å². The maximum Gasteiger partial charge on any atom is 0.271 e. The van der Waals surface area contributed by atoms with Gasteiger partial charge in [-0.3, -0.25) is 10.1 Å². The second-order valence-corrected chi connectivity index (χ2v) is 4.00. The highest BCUT2D eigenvalue weighted by molar-refractivity contribution is 5.54. The summed E-state index contributed by atoms with van der Waals surface area (Å²) in [4.78, 5) is 12.5. The second kappa shape index (κ2) is 4.49. The third kappa shape index (κ3) is 2.14. The summed E-state index contributed by atoms with van der Waals surface area (Å²) >= 11 is 0. The lowest BCUT2D eigenvalue weighted by atomic mass is 10.2. The average Bonchev–Trinajstić information content (AvgIpc) is 2.77. The van der Waals surface area contributed by atoms with Crippen molar-refractivity contribution in [2.75, 3.05) is 25.0 Å². The van der Waals surface area contributed by atoms with Gasteiger partial charge < -0.3 is 10.2 Å². The topological polar surface area (TPSA) is 58.4 Å². The molecule has 1 saturated heterocycles. The van der Waals surface area contributed by atoms with E-state index in [1.165, 1.54) is 6.07 Å². The van der Waals surface area contributed by atoms with Gasteiger partial charge in [-0.1, -0.05) is 6.07 Å². The van der Waals surface area contributed by atoms with Crippen molar-refractivity contribution in [2.24, 2.45) is 0 Å². The lowest BCUT2D eigenvalue weighted by Gasteiger charge is -2.18. The molecule has 0 saturated carbocycles. The Labute approximate surface area is 94.2 Å². The van der Waals surface area contributed by atoms with Gasteiger partial charge in [0.2, 0.25) is 0 Å². The largest absolute Gasteiger partial charge is 0.370 e. The molecule has 1 aromatic carbocycles. The van der Waals surface area contributed by atoms with Crippen molar-refractivity contribution in [3.05, 3.63) is 34.4 Å². The summed E-state index contributed by atoms with van der Waals surface area (Å²) in [5.41, 5.74) is 1.09. The van der Waals surface area contributed by atoms with Crippen LogP contribution in [0.5, 0.6) is 0 Å². The Bertz CT molecular complexity index is 395. The van der Waals surface area contributed by atoms with Crippen LogP contribution in [0.4, 0.5) is 11.4 Å². The Morgan fingerprint density at radius 1 is 1.56 bits per heavy atom. The molecule has 1 unspecified atom stereocenters. The fraction of sp³-hybridized carbons (Fsp3) is 0.455. The van der Waals surface area contributed by atoms with Crippen LogP contribution < -0.4 is 10.2 Å². The number of hydrogen-bond donors (Lipinski definition) is 1. The summed E-state index contributed by atoms with van der Waals surface area (Å²) in [6.07, 6.45) is 1.08. The molecule has 0 bridgehead atoms. The van der Waals surface area contributed by atoms with Gasteiger partial charge in [0.05, 0.1) is 4.92 Å². The number of benzene rings is 1. The van der Waals surface area contributed by atoms with E-state index >= 15 is 0 Å². The van der Waals surface area contributed by atoms with E-state index < -0.39 is 0 Å². The second-order valence-electron chi connectivity index (χ2n) is 4.00. The molecule has 1 aromatic rings. The minimum absolute atomic E-state index is 0.158. The van der Waals surface area contributed by atoms with E-state index in [1.807, 2.05) is 13.1 Å². The third-order valence-corrected chi connectivity index (χ3v) is 3.00. The zero-order valence-corrected chi connectivity index (χ0v) is 9.22. The molecule has 86 valence electrons. The van der Waals surface area contributed by atoms with Crippen LogP contribution in [0.3, 0.4) is 0 Å². The SMILES string of the molecule is CNC1CCN(c2cccc([N+](=O)[O-])c2)C1. The fourth-order valence-electron chi connectivity index (χ4n) is 2.03. The molecule has 1 heterocycles. The monoisotopic (exact) mass is 221 g/mol. The van der Waals surface area contributed by atoms with Crippen molar-refractivity contribution < 1.29 is 4.92 Å². The van der Waals surface area contributed by atoms with Gasteiger partial charge in [0.1, 0.15) is 0 Å². The van der Waals surface area contributed by atoms with Gasteiger partial charge in [-0.2, -0.15) is 0 Å². The highest BCUT2D eigenvalue weighted by atomic mass is 16.6. The van der Waals surface area contributed by atoms with Gasteiger partial charge in [-0.05, 0) is 19.5 Å². The number of nitrogens with zero attached hydrogens (tertiary/aromatic N) is 2. The zero-order valence-electron chi connectivity index (χ0n) is 9.22. The number of anilines is 1. The number of likely N-dealkylation sites (N-methyl/N-ethyl adjacent to an activating group) is 1. The molecule has 0 spiro atoms. The molecule has 16 heavy (non-hydrogen) atoms. The molecule has 0 radical (unpaired) electrons. The van der Waals surface area contributed by atoms with Crippen molar-refractivity contribution in [1.82, 2.24) is 5.32 Å². The number of nitro benzene ring substituents is 1. The summed E-state index contributed by atoms with van der Waals surface area (Å²) in [6.45, 7) is 1.87. The molecule has 5 nitrogen and oxygen atoms in total. The van der Waals surface area contributed by atoms with Crippen LogP contribution >= 0.6 is 0 Å². The van der Waals surface area contributed by atoms with E-state index in [-0.39, 0.29) is 10.6 Å². The highest BCUT2D eigenvalue weighted by Crippen LogP contribution is 2.24. The maximum absolute atomic E-state index is 10.7. The summed E-state index contributed by atoms with van der Waals surface area (Å²) in [6, 6.07) is 7.30. The van der Waals surface area contributed by atoms with E-state index in [9.17, 15) is 10.1 Å². The van der Waals surface area contributed by atoms with E-state index in [1.54, 1.807) is 12.1 Å². The van der Waals surface area contributed by atoms with Gasteiger partial charge in [0.15, 0.2) is 0 Å². The normalized spacial score (nSPS) is 20.1. The van der Waals surface area contributed by atoms with E-state index in [2.05, 4.69) is 10.2 Å². The molecule has 5 heteroatoms. The quantitative estimate of drug-likeness (QED) is 0.619. The van der Waals surface area contributed by atoms with E-state index in [4.69, 9.17) is 0 Å². The predicted molar refractivity (Wildman–Crippen MR) is 62.8 cm³/mol. The molecule has 1 fully saturated rings. The fourth-order valence-corrected chi connectivity index (χ4v) is 2.03. The average molecular weight is 221 g/mol. The first kappa shape index (κ1) is 10.9. The molecule has 1 aliphatic rings.